The molecule has 0 bridgehead atoms. The first-order valence-corrected chi connectivity index (χ1v) is 35.1. The van der Waals surface area contributed by atoms with Crippen molar-refractivity contribution < 1.29 is 62.5 Å². The van der Waals surface area contributed by atoms with Crippen molar-refractivity contribution in [3.8, 4) is 0 Å². The smallest absolute Gasteiger partial charge is 0.327 e. The van der Waals surface area contributed by atoms with Crippen molar-refractivity contribution in [3.63, 3.8) is 0 Å². The molecule has 1 aromatic heterocycles. The fraction of sp³-hybridized carbons (Fsp3) is 0.368. The van der Waals surface area contributed by atoms with Crippen molar-refractivity contribution in [1.82, 2.24) is 10.6 Å². The normalized spacial score (nSPS) is 15.3. The van der Waals surface area contributed by atoms with Crippen LogP contribution in [0.1, 0.15) is 98.7 Å². The second-order valence-corrected chi connectivity index (χ2v) is 28.3. The van der Waals surface area contributed by atoms with Crippen LogP contribution >= 0.6 is 11.6 Å². The third-order valence-corrected chi connectivity index (χ3v) is 18.8. The molecule has 0 radical (unpaired) electrons. The van der Waals surface area contributed by atoms with Gasteiger partial charge in [-0.25, -0.2) is 4.57 Å². The monoisotopic (exact) mass is 1310 g/mol. The number of carbonyl (C=O) groups excluding carboxylic acids is 1. The van der Waals surface area contributed by atoms with Gasteiger partial charge in [0.1, 0.15) is 6.20 Å². The number of anilines is 1. The highest BCUT2D eigenvalue weighted by molar-refractivity contribution is 7.86. The van der Waals surface area contributed by atoms with Gasteiger partial charge in [0.25, 0.3) is 30.4 Å². The highest BCUT2D eigenvalue weighted by Gasteiger charge is 2.44. The van der Waals surface area contributed by atoms with Crippen molar-refractivity contribution in [3.05, 3.63) is 220 Å². The number of allylic oxidation sites excluding steroid dienone is 6. The van der Waals surface area contributed by atoms with Crippen molar-refractivity contribution in [2.75, 3.05) is 75.7 Å². The average molecular weight is 1310 g/mol. The molecule has 0 saturated carbocycles. The number of aryl methyl sites for hydroxylation is 2. The number of aromatic nitrogens is 1. The first-order chi connectivity index (χ1) is 42.9. The number of nitrogens with zero attached hydrogens (tertiary/aromatic N) is 3. The zero-order valence-electron chi connectivity index (χ0n) is 51.3. The summed E-state index contributed by atoms with van der Waals surface area (Å²) in [4.78, 5) is 19.8. The Morgan fingerprint density at radius 2 is 1.24 bits per heavy atom. The van der Waals surface area contributed by atoms with Crippen LogP contribution in [0.2, 0.25) is 5.02 Å². The van der Waals surface area contributed by atoms with Gasteiger partial charge in [-0.3, -0.25) is 23.8 Å². The molecule has 2 aliphatic rings. The summed E-state index contributed by atoms with van der Waals surface area (Å²) in [6.45, 7) is 12.1. The number of hydrogen-bond donors (Lipinski definition) is 5. The first-order valence-electron chi connectivity index (χ1n) is 30.1. The molecule has 5 aromatic carbocycles. The molecule has 0 unspecified atom stereocenters. The van der Waals surface area contributed by atoms with Gasteiger partial charge in [0, 0.05) is 55.9 Å². The first kappa shape index (κ1) is 69.2. The summed E-state index contributed by atoms with van der Waals surface area (Å²) in [6.07, 6.45) is 11.5. The quantitative estimate of drug-likeness (QED) is 0.00828. The highest BCUT2D eigenvalue weighted by Crippen LogP contribution is 2.49. The lowest BCUT2D eigenvalue weighted by atomic mass is 9.77. The van der Waals surface area contributed by atoms with Crippen molar-refractivity contribution in [1.29, 1.82) is 0 Å². The number of fused-ring (bicyclic) bond motifs is 2. The van der Waals surface area contributed by atoms with Gasteiger partial charge in [-0.05, 0) is 126 Å². The van der Waals surface area contributed by atoms with E-state index in [9.17, 15) is 43.7 Å². The Morgan fingerprint density at radius 3 is 1.83 bits per heavy atom. The lowest BCUT2D eigenvalue weighted by Gasteiger charge is -2.37. The maximum absolute atomic E-state index is 13.2. The minimum absolute atomic E-state index is 0.0395. The standard InChI is InChI=1S/C68H80ClN5O13S3/c1-66(2)60-48-57(69)50-73(37-17-45-88(76,77)78)65(60)72-62(66)32-28-52(29-33-63-67(3,4)59-49-58(90(82,83)84)30-31-61(59)74(63)38-18-46-89(79,80)81)53-20-14-19-51(47-53)27-34-64(75)70-35-15-39-85-41-43-87-44-42-86-40-16-36-71-68(54-21-8-5-9-22-54,55-23-10-6-11-24-55)56-25-12-7-13-26-56/h5-14,19-26,28-33,47-50,71H,15-18,27,34-46H2,1-4H3,(H3-,70,75,76,77,78,79,80,81,82,83,84)/p+1. The molecular weight excluding hydrogens is 1230 g/mol. The summed E-state index contributed by atoms with van der Waals surface area (Å²) in [5, 5.41) is 7.31. The molecule has 90 heavy (non-hydrogen) atoms. The Balaban J connectivity index is 0.855. The molecule has 2 aliphatic heterocycles. The van der Waals surface area contributed by atoms with E-state index in [-0.39, 0.29) is 43.2 Å². The molecule has 0 aliphatic carbocycles. The lowest BCUT2D eigenvalue weighted by Crippen LogP contribution is -2.45. The second-order valence-electron chi connectivity index (χ2n) is 23.3. The molecule has 8 rings (SSSR count). The van der Waals surface area contributed by atoms with Crippen LogP contribution in [0.25, 0.3) is 5.57 Å². The Kier molecular flexibility index (Phi) is 23.9. The van der Waals surface area contributed by atoms with Crippen LogP contribution in [0.4, 0.5) is 11.5 Å². The molecule has 0 saturated heterocycles. The number of hydrogen-bond acceptors (Lipinski definition) is 13. The van der Waals surface area contributed by atoms with Gasteiger partial charge in [0.05, 0.1) is 70.9 Å². The van der Waals surface area contributed by atoms with E-state index >= 15 is 0 Å². The molecule has 6 aromatic rings. The summed E-state index contributed by atoms with van der Waals surface area (Å²) in [6, 6.07) is 45.4. The third kappa shape index (κ3) is 18.5. The van der Waals surface area contributed by atoms with Gasteiger partial charge in [-0.2, -0.15) is 25.3 Å². The average Bonchev–Trinajstić information content (AvgIpc) is 1.56. The fourth-order valence-corrected chi connectivity index (χ4v) is 13.2. The Bertz CT molecular complexity index is 3820. The molecular formula is C68H81ClN5O13S3+. The van der Waals surface area contributed by atoms with E-state index in [0.29, 0.717) is 98.1 Å². The number of aliphatic imine (C=N–C) groups is 1. The van der Waals surface area contributed by atoms with Gasteiger partial charge < -0.3 is 24.4 Å². The van der Waals surface area contributed by atoms with E-state index in [4.69, 9.17) is 30.8 Å². The minimum atomic E-state index is -4.58. The predicted molar refractivity (Wildman–Crippen MR) is 352 cm³/mol. The number of rotatable bonds is 34. The predicted octanol–water partition coefficient (Wildman–Crippen LogP) is 10.6. The molecule has 0 spiro atoms. The summed E-state index contributed by atoms with van der Waals surface area (Å²) >= 11 is 6.61. The third-order valence-electron chi connectivity index (χ3n) is 16.1. The van der Waals surface area contributed by atoms with Gasteiger partial charge in [0.15, 0.2) is 5.71 Å². The van der Waals surface area contributed by atoms with E-state index < -0.39 is 58.2 Å². The molecule has 5 N–H and O–H groups in total. The molecule has 3 heterocycles. The van der Waals surface area contributed by atoms with Crippen LogP contribution in [0.3, 0.4) is 0 Å². The van der Waals surface area contributed by atoms with Gasteiger partial charge >= 0.3 is 5.82 Å². The number of halogens is 1. The summed E-state index contributed by atoms with van der Waals surface area (Å²) in [5.74, 6) is -0.480. The number of nitrogens with one attached hydrogen (secondary N) is 2. The van der Waals surface area contributed by atoms with E-state index in [1.807, 2.05) is 105 Å². The van der Waals surface area contributed by atoms with Gasteiger partial charge in [0.2, 0.25) is 5.91 Å². The number of carbonyl (C=O) groups is 1. The number of amides is 1. The molecule has 0 atom stereocenters. The zero-order valence-corrected chi connectivity index (χ0v) is 54.5. The number of benzene rings is 5. The maximum Gasteiger partial charge on any atom is 0.327 e. The van der Waals surface area contributed by atoms with Gasteiger partial charge in [-0.15, -0.1) is 0 Å². The van der Waals surface area contributed by atoms with Gasteiger partial charge in [-0.1, -0.05) is 153 Å². The fourth-order valence-electron chi connectivity index (χ4n) is 11.5. The molecule has 18 nitrogen and oxygen atoms in total. The van der Waals surface area contributed by atoms with Crippen LogP contribution in [0.5, 0.6) is 0 Å². The largest absolute Gasteiger partial charge is 0.379 e. The molecule has 480 valence electrons. The van der Waals surface area contributed by atoms with E-state index in [2.05, 4.69) is 83.4 Å². The van der Waals surface area contributed by atoms with E-state index in [1.165, 1.54) is 12.1 Å². The van der Waals surface area contributed by atoms with Crippen LogP contribution < -0.4 is 20.1 Å². The topological polar surface area (TPSA) is 251 Å². The zero-order chi connectivity index (χ0) is 64.6. The SMILES string of the molecule is CC1(C)C(/C=C/C(=C/C=C2\N(CCCS(=O)(=O)O)c3ccc(S(=O)(=O)O)cc3C2(C)C)c2cccc(CCC(=O)NCCCOCCOCCOCCCNC(c3ccccc3)(c3ccccc3)c3ccccc3)c2)=Nc2c1cc(Cl)c[n+]2CCCS(=O)(=O)O. The molecule has 0 fully saturated rings. The molecule has 1 amide bonds. The molecule has 22 heteroatoms. The van der Waals surface area contributed by atoms with Crippen molar-refractivity contribution in [2.24, 2.45) is 4.99 Å². The minimum Gasteiger partial charge on any atom is -0.379 e. The van der Waals surface area contributed by atoms with E-state index in [0.717, 1.165) is 46.3 Å². The Hall–Kier alpha value is -6.73. The van der Waals surface area contributed by atoms with E-state index in [1.54, 1.807) is 16.8 Å². The number of ether oxygens (including phenoxy) is 3. The maximum atomic E-state index is 13.2. The summed E-state index contributed by atoms with van der Waals surface area (Å²) in [5.41, 5.74) is 7.11. The Labute approximate surface area is 535 Å². The van der Waals surface area contributed by atoms with Crippen LogP contribution in [-0.4, -0.2) is 121 Å². The summed E-state index contributed by atoms with van der Waals surface area (Å²) < 4.78 is 120. The van der Waals surface area contributed by atoms with Crippen molar-refractivity contribution >= 4 is 70.7 Å². The second kappa shape index (κ2) is 31.1. The lowest BCUT2D eigenvalue weighted by molar-refractivity contribution is -0.684. The number of pyridine rings is 1. The summed E-state index contributed by atoms with van der Waals surface area (Å²) in [7, 11) is -13.1. The van der Waals surface area contributed by atoms with Crippen molar-refractivity contribution in [2.45, 2.75) is 94.0 Å². The van der Waals surface area contributed by atoms with Crippen LogP contribution in [-0.2, 0) is 78.7 Å². The van der Waals surface area contributed by atoms with Crippen LogP contribution in [0.15, 0.2) is 186 Å². The highest BCUT2D eigenvalue weighted by atomic mass is 35.5. The Morgan fingerprint density at radius 1 is 0.667 bits per heavy atom. The van der Waals surface area contributed by atoms with Crippen LogP contribution in [0, 0.1) is 0 Å².